The first-order chi connectivity index (χ1) is 53.8. The van der Waals surface area contributed by atoms with Gasteiger partial charge >= 0.3 is 12.2 Å². The van der Waals surface area contributed by atoms with Crippen LogP contribution in [-0.2, 0) is 55.9 Å². The molecule has 5 aliphatic heterocycles. The lowest BCUT2D eigenvalue weighted by atomic mass is 9.89. The summed E-state index contributed by atoms with van der Waals surface area (Å²) in [5.74, 6) is -2.09. The van der Waals surface area contributed by atoms with Crippen LogP contribution in [0.5, 0.6) is 28.7 Å². The first-order valence-corrected chi connectivity index (χ1v) is 37.6. The number of aryl methyl sites for hydroxylation is 1. The molecule has 3 unspecified atom stereocenters. The maximum atomic E-state index is 14.8. The topological polar surface area (TPSA) is 426 Å². The lowest BCUT2D eigenvalue weighted by Gasteiger charge is -2.35. The molecule has 33 heteroatoms. The van der Waals surface area contributed by atoms with E-state index in [-0.39, 0.29) is 191 Å². The lowest BCUT2D eigenvalue weighted by molar-refractivity contribution is -0.242. The van der Waals surface area contributed by atoms with Gasteiger partial charge < -0.3 is 118 Å². The van der Waals surface area contributed by atoms with Gasteiger partial charge in [0.15, 0.2) is 35.5 Å². The second-order valence-corrected chi connectivity index (χ2v) is 28.4. The van der Waals surface area contributed by atoms with Crippen molar-refractivity contribution < 1.29 is 136 Å². The van der Waals surface area contributed by atoms with Crippen molar-refractivity contribution in [2.45, 2.75) is 177 Å². The van der Waals surface area contributed by atoms with Crippen molar-refractivity contribution in [1.29, 1.82) is 0 Å². The van der Waals surface area contributed by atoms with E-state index in [0.717, 1.165) is 16.2 Å². The number of aliphatic hydroxyl groups is 8. The van der Waals surface area contributed by atoms with Crippen LogP contribution in [0, 0.1) is 6.92 Å². The highest BCUT2D eigenvalue weighted by Crippen LogP contribution is 2.44. The van der Waals surface area contributed by atoms with Crippen molar-refractivity contribution in [1.82, 2.24) is 15.1 Å². The van der Waals surface area contributed by atoms with E-state index in [2.05, 4.69) is 18.5 Å². The highest BCUT2D eigenvalue weighted by Gasteiger charge is 2.49. The number of ketones is 2. The van der Waals surface area contributed by atoms with Crippen LogP contribution in [0.25, 0.3) is 0 Å². The van der Waals surface area contributed by atoms with Gasteiger partial charge in [0.2, 0.25) is 12.2 Å². The summed E-state index contributed by atoms with van der Waals surface area (Å²) in [7, 11) is 4.33. The number of amides is 5. The van der Waals surface area contributed by atoms with Gasteiger partial charge in [-0.15, -0.1) is 0 Å². The number of nitrogens with zero attached hydrogens (tertiary/aromatic N) is 4. The van der Waals surface area contributed by atoms with E-state index < -0.39 is 129 Å². The summed E-state index contributed by atoms with van der Waals surface area (Å²) in [6.07, 6.45) is -14.5. The van der Waals surface area contributed by atoms with Gasteiger partial charge in [0.1, 0.15) is 73.7 Å². The molecule has 0 bridgehead atoms. The Morgan fingerprint density at radius 3 is 1.62 bits per heavy atom. The predicted molar refractivity (Wildman–Crippen MR) is 397 cm³/mol. The van der Waals surface area contributed by atoms with Crippen molar-refractivity contribution in [3.8, 4) is 28.7 Å². The van der Waals surface area contributed by atoms with E-state index >= 15 is 0 Å². The third-order valence-corrected chi connectivity index (χ3v) is 20.2. The van der Waals surface area contributed by atoms with Gasteiger partial charge in [-0.3, -0.25) is 24.0 Å². The third-order valence-electron chi connectivity index (χ3n) is 20.2. The number of nitrogens with one attached hydrogen (secondary N) is 1. The number of fused-ring (bicyclic) bond motifs is 4. The van der Waals surface area contributed by atoms with Crippen LogP contribution in [0.3, 0.4) is 0 Å². The number of anilines is 2. The van der Waals surface area contributed by atoms with Gasteiger partial charge in [-0.1, -0.05) is 43.4 Å². The highest BCUT2D eigenvalue weighted by atomic mass is 16.7. The molecule has 5 heterocycles. The summed E-state index contributed by atoms with van der Waals surface area (Å²) in [6, 6.07) is 11.8. The van der Waals surface area contributed by atoms with Crippen molar-refractivity contribution in [3.05, 3.63) is 124 Å². The van der Waals surface area contributed by atoms with Crippen molar-refractivity contribution in [3.63, 3.8) is 0 Å². The van der Waals surface area contributed by atoms with Gasteiger partial charge in [0, 0.05) is 91.0 Å². The van der Waals surface area contributed by atoms with Crippen molar-refractivity contribution in [2.24, 2.45) is 0 Å². The molecule has 112 heavy (non-hydrogen) atoms. The Bertz CT molecular complexity index is 3990. The smallest absolute Gasteiger partial charge is 0.416 e. The molecule has 13 atom stereocenters. The quantitative estimate of drug-likeness (QED) is 0.0171. The molecule has 10 rings (SSSR count). The average Bonchev–Trinajstić information content (AvgIpc) is 1.59. The largest absolute Gasteiger partial charge is 0.493 e. The molecule has 4 aromatic carbocycles. The SMILES string of the molecule is C=C1C[C@H]2C(O)N(C(=O)OCc3ccc(O[C@@H]4OC[C@@H](O)[C@H](O)[C@H]4O)c(C(=O)CCCOC)c3)c3cc(OCCC(CCOc4cc5c(cc4OC)C(=O)N4CC(=C)C[C@H]4C(O)N5C(=O)OCc4ccc(O[C@@H]5CC[C@@H](O)[C@H](O)[C@H]5O)c(C(=O)CCCOC)c4)NC(=O)COCCOCCOCCC)c(C)cc3C(=O)N2C1. The summed E-state index contributed by atoms with van der Waals surface area (Å²) in [5, 5.41) is 90.0. The number of Topliss-reactive ketones (excluding diaryl/α,β-unsaturated/α-hetero) is 2. The van der Waals surface area contributed by atoms with Crippen molar-refractivity contribution >= 4 is 52.8 Å². The number of carbonyl (C=O) groups excluding carboxylic acids is 7. The van der Waals surface area contributed by atoms with E-state index in [0.29, 0.717) is 54.9 Å². The van der Waals surface area contributed by atoms with E-state index in [1.54, 1.807) is 6.92 Å². The highest BCUT2D eigenvalue weighted by molar-refractivity contribution is 6.07. The van der Waals surface area contributed by atoms with E-state index in [9.17, 15) is 74.4 Å². The number of aliphatic hydroxyl groups excluding tert-OH is 8. The number of hydrogen-bond acceptors (Lipinski definition) is 28. The molecule has 6 aliphatic rings. The summed E-state index contributed by atoms with van der Waals surface area (Å²) in [5.41, 5.74) is 2.18. The van der Waals surface area contributed by atoms with Gasteiger partial charge in [0.25, 0.3) is 11.8 Å². The standard InChI is InChI=1S/C79H103N5O28/c1-8-21-103-26-27-104-28-29-105-43-68(89)80-49(19-24-106-65-36-54-50(32-46(65)4)73(94)81-38-44(2)30-56(81)75(96)83(54)78(98)109-41-48-14-17-63(53(34-48)59(86)12-10-23-101-6)112-77-72(93)70(91)61(88)42-108-77)20-25-107-67-37-55-51(35-66(67)102-7)74(95)82-39-45(3)31-57(82)76(97)84(55)79(99)110-40-47-13-16-62(52(33-47)58(85)11-9-22-100-5)111-64-18-15-60(87)69(90)71(64)92/h13-14,16-17,32-37,49,56-57,60-61,64,69-72,75-77,87-88,90-93,96-97H,2-3,8-12,15,18-31,38-43H2,1,4-7H3,(H,80,89)/t49?,56-,57-,60+,61+,64+,69-,70-,71-,72+,75?,76?,77-/m0/s1. The fraction of sp³-hybridized carbons (Fsp3) is 0.557. The van der Waals surface area contributed by atoms with Gasteiger partial charge in [-0.05, 0) is 105 Å². The summed E-state index contributed by atoms with van der Waals surface area (Å²) in [6.45, 7) is 12.1. The summed E-state index contributed by atoms with van der Waals surface area (Å²) < 4.78 is 75.1. The van der Waals surface area contributed by atoms with E-state index in [4.69, 9.17) is 61.6 Å². The molecule has 33 nitrogen and oxygen atoms in total. The molecule has 1 saturated carbocycles. The molecular formula is C79H103N5O28. The van der Waals surface area contributed by atoms with Gasteiger partial charge in [-0.25, -0.2) is 19.4 Å². The molecule has 1 aliphatic carbocycles. The molecule has 612 valence electrons. The minimum absolute atomic E-state index is 0.00223. The minimum Gasteiger partial charge on any atom is -0.493 e. The Kier molecular flexibility index (Phi) is 30.7. The summed E-state index contributed by atoms with van der Waals surface area (Å²) >= 11 is 0. The molecular weight excluding hydrogens is 1470 g/mol. The number of hydrogen-bond donors (Lipinski definition) is 9. The maximum Gasteiger partial charge on any atom is 0.416 e. The Hall–Kier alpha value is -8.91. The third kappa shape index (κ3) is 20.9. The monoisotopic (exact) mass is 1570 g/mol. The van der Waals surface area contributed by atoms with Crippen LogP contribution in [0.4, 0.5) is 21.0 Å². The predicted octanol–water partition coefficient (Wildman–Crippen LogP) is 4.34. The molecule has 5 amide bonds. The van der Waals surface area contributed by atoms with Gasteiger partial charge in [-0.2, -0.15) is 0 Å². The summed E-state index contributed by atoms with van der Waals surface area (Å²) in [4.78, 5) is 105. The normalized spacial score (nSPS) is 23.8. The van der Waals surface area contributed by atoms with E-state index in [1.165, 1.54) is 91.8 Å². The average molecular weight is 1570 g/mol. The fourth-order valence-corrected chi connectivity index (χ4v) is 14.2. The number of benzene rings is 4. The number of carbonyl (C=O) groups is 7. The van der Waals surface area contributed by atoms with Crippen LogP contribution >= 0.6 is 0 Å². The zero-order valence-corrected chi connectivity index (χ0v) is 63.6. The molecule has 0 spiro atoms. The maximum absolute atomic E-state index is 14.8. The second-order valence-electron chi connectivity index (χ2n) is 28.4. The Morgan fingerprint density at radius 1 is 0.562 bits per heavy atom. The number of rotatable bonds is 38. The first kappa shape index (κ1) is 85.5. The number of methoxy groups -OCH3 is 3. The molecule has 4 aromatic rings. The molecule has 4 fully saturated rings. The van der Waals surface area contributed by atoms with Gasteiger partial charge in [0.05, 0.1) is 105 Å². The molecule has 0 aromatic heterocycles. The zero-order valence-electron chi connectivity index (χ0n) is 63.6. The lowest BCUT2D eigenvalue weighted by Crippen LogP contribution is -2.54. The van der Waals surface area contributed by atoms with Crippen LogP contribution in [0.1, 0.15) is 136 Å². The molecule has 9 N–H and O–H groups in total. The molecule has 3 saturated heterocycles. The van der Waals surface area contributed by atoms with Crippen molar-refractivity contribution in [2.75, 3.05) is 117 Å². The zero-order chi connectivity index (χ0) is 80.4. The Balaban J connectivity index is 0.878. The Morgan fingerprint density at radius 2 is 1.07 bits per heavy atom. The minimum atomic E-state index is -1.71. The fourth-order valence-electron chi connectivity index (χ4n) is 14.2. The van der Waals surface area contributed by atoms with E-state index in [1.807, 2.05) is 6.92 Å². The van der Waals surface area contributed by atoms with Crippen LogP contribution < -0.4 is 38.8 Å². The molecule has 0 radical (unpaired) electrons. The second kappa shape index (κ2) is 40.2. The van der Waals surface area contributed by atoms with Crippen LogP contribution in [0.2, 0.25) is 0 Å². The number of ether oxygens (including phenoxy) is 13. The van der Waals surface area contributed by atoms with Crippen LogP contribution in [0.15, 0.2) is 85.0 Å². The Labute approximate surface area is 648 Å². The van der Waals surface area contributed by atoms with Crippen LogP contribution in [-0.4, -0.2) is 279 Å². The first-order valence-electron chi connectivity index (χ1n) is 37.6.